The number of urea groups is 1. The lowest BCUT2D eigenvalue weighted by atomic mass is 10.1. The van der Waals surface area contributed by atoms with Crippen LogP contribution < -0.4 is 15.4 Å². The van der Waals surface area contributed by atoms with Gasteiger partial charge >= 0.3 is 12.2 Å². The molecule has 0 spiro atoms. The molecule has 0 aromatic heterocycles. The van der Waals surface area contributed by atoms with Gasteiger partial charge in [0.1, 0.15) is 5.75 Å². The summed E-state index contributed by atoms with van der Waals surface area (Å²) in [6.07, 6.45) is -5.28. The first-order valence-corrected chi connectivity index (χ1v) is 8.40. The molecule has 1 aliphatic heterocycles. The molecule has 1 atom stereocenters. The summed E-state index contributed by atoms with van der Waals surface area (Å²) >= 11 is 0. The van der Waals surface area contributed by atoms with Crippen LogP contribution in [0.3, 0.4) is 0 Å². The second-order valence-electron chi connectivity index (χ2n) is 6.20. The average molecular weight is 407 g/mol. The summed E-state index contributed by atoms with van der Waals surface area (Å²) in [6.45, 7) is -0.465. The van der Waals surface area contributed by atoms with Crippen LogP contribution in [-0.4, -0.2) is 41.7 Å². The molecule has 152 valence electrons. The molecule has 29 heavy (non-hydrogen) atoms. The van der Waals surface area contributed by atoms with Gasteiger partial charge in [0, 0.05) is 11.1 Å². The van der Waals surface area contributed by atoms with E-state index in [1.807, 2.05) is 0 Å². The summed E-state index contributed by atoms with van der Waals surface area (Å²) in [5.41, 5.74) is -3.34. The van der Waals surface area contributed by atoms with Crippen molar-refractivity contribution in [2.24, 2.45) is 0 Å². The van der Waals surface area contributed by atoms with Crippen LogP contribution in [0.1, 0.15) is 15.9 Å². The molecule has 2 N–H and O–H groups in total. The summed E-state index contributed by atoms with van der Waals surface area (Å²) in [5.74, 6) is -2.49. The van der Waals surface area contributed by atoms with Crippen LogP contribution in [0.5, 0.6) is 5.75 Å². The van der Waals surface area contributed by atoms with Crippen molar-refractivity contribution in [3.8, 4) is 5.75 Å². The number of nitrogens with one attached hydrogen (secondary N) is 2. The Bertz CT molecular complexity index is 949. The smallest absolute Gasteiger partial charge is 0.440 e. The highest BCUT2D eigenvalue weighted by molar-refractivity contribution is 6.10. The maximum atomic E-state index is 13.9. The Balaban J connectivity index is 1.94. The molecule has 2 aromatic rings. The third kappa shape index (κ3) is 3.60. The number of para-hydroxylation sites is 1. The number of carbonyl (C=O) groups is 3. The first-order chi connectivity index (χ1) is 13.7. The number of benzene rings is 2. The number of methoxy groups -OCH3 is 1. The fraction of sp³-hybridized carbons (Fsp3) is 0.211. The second kappa shape index (κ2) is 7.46. The quantitative estimate of drug-likeness (QED) is 0.746. The lowest BCUT2D eigenvalue weighted by Crippen LogP contribution is -2.69. The zero-order valence-corrected chi connectivity index (χ0v) is 15.1. The van der Waals surface area contributed by atoms with Crippen molar-refractivity contribution in [2.45, 2.75) is 18.4 Å². The monoisotopic (exact) mass is 407 g/mol. The number of ether oxygens (including phenoxy) is 1. The fourth-order valence-electron chi connectivity index (χ4n) is 2.90. The van der Waals surface area contributed by atoms with Gasteiger partial charge in [-0.25, -0.2) is 4.79 Å². The van der Waals surface area contributed by atoms with Crippen LogP contribution in [0.15, 0.2) is 54.6 Å². The van der Waals surface area contributed by atoms with Crippen LogP contribution in [0, 0.1) is 0 Å². The molecule has 0 bridgehead atoms. The lowest BCUT2D eigenvalue weighted by Gasteiger charge is -2.30. The minimum absolute atomic E-state index is 0.0960. The number of alkyl halides is 3. The van der Waals surface area contributed by atoms with Crippen LogP contribution in [-0.2, 0) is 11.3 Å². The van der Waals surface area contributed by atoms with Crippen LogP contribution >= 0.6 is 0 Å². The molecule has 4 amide bonds. The molecule has 10 heteroatoms. The van der Waals surface area contributed by atoms with E-state index >= 15 is 0 Å². The molecule has 1 heterocycles. The molecule has 0 aliphatic carbocycles. The minimum atomic E-state index is -5.28. The molecular weight excluding hydrogens is 391 g/mol. The number of hydrogen-bond acceptors (Lipinski definition) is 4. The first-order valence-electron chi connectivity index (χ1n) is 8.40. The normalized spacial score (nSPS) is 19.1. The third-order valence-electron chi connectivity index (χ3n) is 4.39. The van der Waals surface area contributed by atoms with E-state index in [1.165, 1.54) is 37.4 Å². The summed E-state index contributed by atoms with van der Waals surface area (Å²) in [4.78, 5) is 37.7. The summed E-state index contributed by atoms with van der Waals surface area (Å²) < 4.78 is 46.7. The van der Waals surface area contributed by atoms with Gasteiger partial charge in [-0.2, -0.15) is 13.2 Å². The van der Waals surface area contributed by atoms with Crippen LogP contribution in [0.25, 0.3) is 0 Å². The Morgan fingerprint density at radius 1 is 1.10 bits per heavy atom. The number of halogens is 3. The highest BCUT2D eigenvalue weighted by atomic mass is 19.4. The summed E-state index contributed by atoms with van der Waals surface area (Å²) in [7, 11) is 1.35. The van der Waals surface area contributed by atoms with Crippen molar-refractivity contribution in [1.29, 1.82) is 0 Å². The van der Waals surface area contributed by atoms with Gasteiger partial charge < -0.3 is 10.1 Å². The molecule has 0 radical (unpaired) electrons. The molecule has 2 aromatic carbocycles. The Labute approximate surface area is 163 Å². The highest BCUT2D eigenvalue weighted by Crippen LogP contribution is 2.35. The molecule has 3 rings (SSSR count). The van der Waals surface area contributed by atoms with Gasteiger partial charge in [-0.1, -0.05) is 36.4 Å². The van der Waals surface area contributed by atoms with Gasteiger partial charge in [0.15, 0.2) is 0 Å². The number of amides is 4. The minimum Gasteiger partial charge on any atom is -0.496 e. The predicted molar refractivity (Wildman–Crippen MR) is 94.8 cm³/mol. The molecule has 7 nitrogen and oxygen atoms in total. The zero-order chi connectivity index (χ0) is 21.2. The Hall–Kier alpha value is -3.56. The molecule has 0 saturated carbocycles. The van der Waals surface area contributed by atoms with Crippen molar-refractivity contribution < 1.29 is 32.3 Å². The maximum Gasteiger partial charge on any atom is 0.440 e. The van der Waals surface area contributed by atoms with Crippen molar-refractivity contribution in [1.82, 2.24) is 15.5 Å². The van der Waals surface area contributed by atoms with Gasteiger partial charge in [-0.15, -0.1) is 0 Å². The van der Waals surface area contributed by atoms with E-state index in [2.05, 4.69) is 0 Å². The predicted octanol–water partition coefficient (Wildman–Crippen LogP) is 2.44. The molecule has 0 unspecified atom stereocenters. The Kier molecular flexibility index (Phi) is 5.19. The van der Waals surface area contributed by atoms with E-state index in [9.17, 15) is 27.6 Å². The van der Waals surface area contributed by atoms with E-state index in [-0.39, 0.29) is 5.56 Å². The van der Waals surface area contributed by atoms with Crippen LogP contribution in [0.2, 0.25) is 0 Å². The van der Waals surface area contributed by atoms with Crippen LogP contribution in [0.4, 0.5) is 18.0 Å². The van der Waals surface area contributed by atoms with Gasteiger partial charge in [0.25, 0.3) is 17.5 Å². The third-order valence-corrected chi connectivity index (χ3v) is 4.39. The van der Waals surface area contributed by atoms with E-state index in [0.717, 1.165) is 0 Å². The molecule has 1 aliphatic rings. The first kappa shape index (κ1) is 20.2. The van der Waals surface area contributed by atoms with E-state index in [1.54, 1.807) is 34.9 Å². The van der Waals surface area contributed by atoms with E-state index in [0.29, 0.717) is 16.2 Å². The van der Waals surface area contributed by atoms with Gasteiger partial charge in [-0.3, -0.25) is 19.8 Å². The number of nitrogens with zero attached hydrogens (tertiary/aromatic N) is 1. The van der Waals surface area contributed by atoms with Gasteiger partial charge in [0.2, 0.25) is 0 Å². The maximum absolute atomic E-state index is 13.9. The van der Waals surface area contributed by atoms with Gasteiger partial charge in [-0.05, 0) is 18.2 Å². The fourth-order valence-corrected chi connectivity index (χ4v) is 2.90. The SMILES string of the molecule is COc1ccccc1CN1C(=O)N[C@@](NC(=O)c2ccccc2)(C(F)(F)F)C1=O. The topological polar surface area (TPSA) is 87.7 Å². The van der Waals surface area contributed by atoms with Crippen molar-refractivity contribution in [2.75, 3.05) is 7.11 Å². The zero-order valence-electron chi connectivity index (χ0n) is 15.1. The molecule has 1 fully saturated rings. The number of rotatable bonds is 5. The summed E-state index contributed by atoms with van der Waals surface area (Å²) in [5, 5.41) is 3.26. The highest BCUT2D eigenvalue weighted by Gasteiger charge is 2.68. The molecular formula is C19H16F3N3O4. The Morgan fingerprint density at radius 3 is 2.34 bits per heavy atom. The van der Waals surface area contributed by atoms with E-state index < -0.39 is 36.2 Å². The number of imide groups is 1. The number of hydrogen-bond donors (Lipinski definition) is 2. The van der Waals surface area contributed by atoms with Gasteiger partial charge in [0.05, 0.1) is 13.7 Å². The Morgan fingerprint density at radius 2 is 1.72 bits per heavy atom. The largest absolute Gasteiger partial charge is 0.496 e. The van der Waals surface area contributed by atoms with Crippen molar-refractivity contribution in [3.05, 3.63) is 65.7 Å². The second-order valence-corrected chi connectivity index (χ2v) is 6.20. The lowest BCUT2D eigenvalue weighted by molar-refractivity contribution is -0.200. The summed E-state index contributed by atoms with van der Waals surface area (Å²) in [6, 6.07) is 12.0. The van der Waals surface area contributed by atoms with Crippen molar-refractivity contribution in [3.63, 3.8) is 0 Å². The van der Waals surface area contributed by atoms with Crippen molar-refractivity contribution >= 4 is 17.8 Å². The number of carbonyl (C=O) groups excluding carboxylic acids is 3. The standard InChI is InChI=1S/C19H16F3N3O4/c1-29-14-10-6-5-9-13(14)11-25-16(27)18(19(20,21)22,24-17(25)28)23-15(26)12-7-3-2-4-8-12/h2-10H,11H2,1H3,(H,23,26)(H,24,28)/t18-/m1/s1. The molecule has 1 saturated heterocycles. The average Bonchev–Trinajstić information content (AvgIpc) is 2.94. The van der Waals surface area contributed by atoms with E-state index in [4.69, 9.17) is 4.74 Å².